The minimum atomic E-state index is -0.608. The summed E-state index contributed by atoms with van der Waals surface area (Å²) >= 11 is 0. The number of aromatic nitrogens is 1. The molecule has 0 amide bonds. The molecule has 0 radical (unpaired) electrons. The van der Waals surface area contributed by atoms with Crippen LogP contribution < -0.4 is 11.3 Å². The average molecular weight is 248 g/mol. The standard InChI is InChI=1S/C13H16N2O3/c1-2-3-6-15-10-7-8(14)4-5-9(10)11(16)12(17)13(15)18/h4-5,7,16-17H,2-3,6,14H2,1H3. The number of anilines is 1. The van der Waals surface area contributed by atoms with Crippen molar-refractivity contribution in [3.8, 4) is 11.5 Å². The molecule has 0 fully saturated rings. The molecular formula is C13H16N2O3. The third kappa shape index (κ3) is 1.88. The van der Waals surface area contributed by atoms with E-state index in [1.165, 1.54) is 4.57 Å². The minimum absolute atomic E-state index is 0.386. The van der Waals surface area contributed by atoms with Crippen molar-refractivity contribution in [3.05, 3.63) is 28.6 Å². The number of aromatic hydroxyl groups is 2. The lowest BCUT2D eigenvalue weighted by molar-refractivity contribution is 0.397. The van der Waals surface area contributed by atoms with E-state index in [0.717, 1.165) is 12.8 Å². The highest BCUT2D eigenvalue weighted by Gasteiger charge is 2.15. The molecule has 0 aliphatic heterocycles. The number of fused-ring (bicyclic) bond motifs is 1. The Kier molecular flexibility index (Phi) is 3.14. The molecule has 0 spiro atoms. The molecule has 2 aromatic rings. The number of hydrogen-bond donors (Lipinski definition) is 3. The molecule has 1 heterocycles. The third-order valence-corrected chi connectivity index (χ3v) is 2.98. The summed E-state index contributed by atoms with van der Waals surface area (Å²) < 4.78 is 1.45. The van der Waals surface area contributed by atoms with Gasteiger partial charge in [0.1, 0.15) is 0 Å². The lowest BCUT2D eigenvalue weighted by Gasteiger charge is -2.12. The van der Waals surface area contributed by atoms with Crippen LogP contribution >= 0.6 is 0 Å². The number of nitrogens with two attached hydrogens (primary N) is 1. The van der Waals surface area contributed by atoms with Gasteiger partial charge in [0, 0.05) is 17.6 Å². The number of aryl methyl sites for hydroxylation is 1. The monoisotopic (exact) mass is 248 g/mol. The minimum Gasteiger partial charge on any atom is -0.504 e. The van der Waals surface area contributed by atoms with Crippen molar-refractivity contribution >= 4 is 16.6 Å². The van der Waals surface area contributed by atoms with Crippen LogP contribution in [0.15, 0.2) is 23.0 Å². The molecule has 4 N–H and O–H groups in total. The summed E-state index contributed by atoms with van der Waals surface area (Å²) in [6.45, 7) is 2.50. The van der Waals surface area contributed by atoms with Gasteiger partial charge >= 0.3 is 0 Å². The Balaban J connectivity index is 2.80. The third-order valence-electron chi connectivity index (χ3n) is 2.98. The van der Waals surface area contributed by atoms with Gasteiger partial charge in [0.05, 0.1) is 5.52 Å². The molecule has 0 aliphatic carbocycles. The Hall–Kier alpha value is -2.17. The number of nitrogens with zero attached hydrogens (tertiary/aromatic N) is 1. The summed E-state index contributed by atoms with van der Waals surface area (Å²) in [6.07, 6.45) is 1.74. The van der Waals surface area contributed by atoms with Crippen LogP contribution in [0.2, 0.25) is 0 Å². The smallest absolute Gasteiger partial charge is 0.297 e. The van der Waals surface area contributed by atoms with E-state index in [4.69, 9.17) is 5.73 Å². The topological polar surface area (TPSA) is 88.5 Å². The number of nitrogen functional groups attached to an aromatic ring is 1. The van der Waals surface area contributed by atoms with Crippen molar-refractivity contribution in [3.63, 3.8) is 0 Å². The highest BCUT2D eigenvalue weighted by Crippen LogP contribution is 2.31. The van der Waals surface area contributed by atoms with Crippen LogP contribution in [0.4, 0.5) is 5.69 Å². The number of pyridine rings is 1. The number of unbranched alkanes of at least 4 members (excludes halogenated alkanes) is 1. The zero-order valence-corrected chi connectivity index (χ0v) is 10.2. The Labute approximate surface area is 104 Å². The van der Waals surface area contributed by atoms with Crippen LogP contribution in [-0.2, 0) is 6.54 Å². The van der Waals surface area contributed by atoms with E-state index in [0.29, 0.717) is 23.1 Å². The van der Waals surface area contributed by atoms with Crippen LogP contribution in [0.3, 0.4) is 0 Å². The Bertz CT molecular complexity index is 647. The van der Waals surface area contributed by atoms with Crippen LogP contribution in [0.1, 0.15) is 19.8 Å². The maximum atomic E-state index is 11.9. The van der Waals surface area contributed by atoms with Crippen molar-refractivity contribution in [2.24, 2.45) is 0 Å². The van der Waals surface area contributed by atoms with Crippen LogP contribution in [0.25, 0.3) is 10.9 Å². The normalized spacial score (nSPS) is 10.9. The maximum absolute atomic E-state index is 11.9. The molecule has 18 heavy (non-hydrogen) atoms. The molecule has 0 aliphatic rings. The van der Waals surface area contributed by atoms with Crippen molar-refractivity contribution in [2.45, 2.75) is 26.3 Å². The highest BCUT2D eigenvalue weighted by atomic mass is 16.3. The van der Waals surface area contributed by atoms with Gasteiger partial charge in [-0.3, -0.25) is 4.79 Å². The number of rotatable bonds is 3. The molecule has 5 heteroatoms. The largest absolute Gasteiger partial charge is 0.504 e. The molecular weight excluding hydrogens is 232 g/mol. The molecule has 1 aromatic heterocycles. The fourth-order valence-electron chi connectivity index (χ4n) is 1.98. The summed E-state index contributed by atoms with van der Waals surface area (Å²) in [7, 11) is 0. The molecule has 0 saturated carbocycles. The van der Waals surface area contributed by atoms with Gasteiger partial charge in [-0.15, -0.1) is 0 Å². The Morgan fingerprint density at radius 1 is 1.28 bits per heavy atom. The second kappa shape index (κ2) is 4.60. The van der Waals surface area contributed by atoms with E-state index < -0.39 is 11.3 Å². The van der Waals surface area contributed by atoms with Gasteiger partial charge in [-0.1, -0.05) is 13.3 Å². The SMILES string of the molecule is CCCCn1c(=O)c(O)c(O)c2ccc(N)cc21. The van der Waals surface area contributed by atoms with Gasteiger partial charge in [-0.05, 0) is 24.6 Å². The molecule has 0 saturated heterocycles. The first-order valence-corrected chi connectivity index (χ1v) is 5.90. The fourth-order valence-corrected chi connectivity index (χ4v) is 1.98. The van der Waals surface area contributed by atoms with Gasteiger partial charge < -0.3 is 20.5 Å². The summed E-state index contributed by atoms with van der Waals surface area (Å²) in [5.74, 6) is -0.994. The van der Waals surface area contributed by atoms with Crippen molar-refractivity contribution < 1.29 is 10.2 Å². The molecule has 2 rings (SSSR count). The van der Waals surface area contributed by atoms with Crippen LogP contribution in [-0.4, -0.2) is 14.8 Å². The highest BCUT2D eigenvalue weighted by molar-refractivity contribution is 5.89. The summed E-state index contributed by atoms with van der Waals surface area (Å²) in [4.78, 5) is 11.9. The van der Waals surface area contributed by atoms with E-state index in [-0.39, 0.29) is 5.75 Å². The zero-order chi connectivity index (χ0) is 13.3. The van der Waals surface area contributed by atoms with Gasteiger partial charge in [0.25, 0.3) is 5.56 Å². The molecule has 0 atom stereocenters. The Morgan fingerprint density at radius 2 is 2.00 bits per heavy atom. The van der Waals surface area contributed by atoms with Gasteiger partial charge in [-0.2, -0.15) is 0 Å². The average Bonchev–Trinajstić information content (AvgIpc) is 2.36. The van der Waals surface area contributed by atoms with E-state index in [1.54, 1.807) is 18.2 Å². The maximum Gasteiger partial charge on any atom is 0.297 e. The Morgan fingerprint density at radius 3 is 2.67 bits per heavy atom. The number of benzene rings is 1. The molecule has 5 nitrogen and oxygen atoms in total. The summed E-state index contributed by atoms with van der Waals surface area (Å²) in [6, 6.07) is 4.85. The van der Waals surface area contributed by atoms with Crippen molar-refractivity contribution in [1.29, 1.82) is 0 Å². The van der Waals surface area contributed by atoms with E-state index in [2.05, 4.69) is 0 Å². The van der Waals surface area contributed by atoms with Crippen molar-refractivity contribution in [1.82, 2.24) is 4.57 Å². The number of hydrogen-bond acceptors (Lipinski definition) is 4. The van der Waals surface area contributed by atoms with Crippen LogP contribution in [0.5, 0.6) is 11.5 Å². The zero-order valence-electron chi connectivity index (χ0n) is 10.2. The molecule has 1 aromatic carbocycles. The first-order chi connectivity index (χ1) is 8.56. The quantitative estimate of drug-likeness (QED) is 0.722. The second-order valence-corrected chi connectivity index (χ2v) is 4.28. The van der Waals surface area contributed by atoms with Gasteiger partial charge in [0.2, 0.25) is 5.75 Å². The second-order valence-electron chi connectivity index (χ2n) is 4.28. The predicted molar refractivity (Wildman–Crippen MR) is 70.9 cm³/mol. The van der Waals surface area contributed by atoms with E-state index in [1.807, 2.05) is 6.92 Å². The van der Waals surface area contributed by atoms with Crippen molar-refractivity contribution in [2.75, 3.05) is 5.73 Å². The summed E-state index contributed by atoms with van der Waals surface area (Å²) in [5.41, 5.74) is 6.17. The lowest BCUT2D eigenvalue weighted by Crippen LogP contribution is -2.20. The predicted octanol–water partition coefficient (Wildman–Crippen LogP) is 1.79. The van der Waals surface area contributed by atoms with Crippen LogP contribution in [0, 0.1) is 0 Å². The first-order valence-electron chi connectivity index (χ1n) is 5.90. The summed E-state index contributed by atoms with van der Waals surface area (Å²) in [5, 5.41) is 19.8. The molecule has 0 unspecified atom stereocenters. The molecule has 96 valence electrons. The van der Waals surface area contributed by atoms with E-state index >= 15 is 0 Å². The van der Waals surface area contributed by atoms with E-state index in [9.17, 15) is 15.0 Å². The van der Waals surface area contributed by atoms with Gasteiger partial charge in [-0.25, -0.2) is 0 Å². The first kappa shape index (κ1) is 12.3. The fraction of sp³-hybridized carbons (Fsp3) is 0.308. The molecule has 0 bridgehead atoms. The van der Waals surface area contributed by atoms with Gasteiger partial charge in [0.15, 0.2) is 5.75 Å². The lowest BCUT2D eigenvalue weighted by atomic mass is 10.1.